The van der Waals surface area contributed by atoms with Crippen LogP contribution in [0.3, 0.4) is 0 Å². The maximum atomic E-state index is 12.7. The Morgan fingerprint density at radius 3 is 2.20 bits per heavy atom. The Morgan fingerprint density at radius 1 is 1.00 bits per heavy atom. The highest BCUT2D eigenvalue weighted by molar-refractivity contribution is 9.10. The van der Waals surface area contributed by atoms with Gasteiger partial charge in [0.1, 0.15) is 5.82 Å². The fourth-order valence-corrected chi connectivity index (χ4v) is 2.97. The third-order valence-corrected chi connectivity index (χ3v) is 4.75. The molecular formula is C14H13BrFNO2S. The largest absolute Gasteiger partial charge is 0.240 e. The van der Waals surface area contributed by atoms with Crippen molar-refractivity contribution < 1.29 is 12.8 Å². The van der Waals surface area contributed by atoms with Crippen LogP contribution in [0.5, 0.6) is 0 Å². The molecule has 0 saturated heterocycles. The molecule has 3 nitrogen and oxygen atoms in total. The van der Waals surface area contributed by atoms with E-state index in [1.807, 2.05) is 0 Å². The van der Waals surface area contributed by atoms with E-state index in [0.29, 0.717) is 6.42 Å². The molecule has 0 aliphatic rings. The quantitative estimate of drug-likeness (QED) is 0.893. The van der Waals surface area contributed by atoms with Gasteiger partial charge in [0.15, 0.2) is 0 Å². The van der Waals surface area contributed by atoms with Crippen LogP contribution in [0, 0.1) is 5.82 Å². The van der Waals surface area contributed by atoms with E-state index in [1.54, 1.807) is 24.3 Å². The number of sulfonamides is 1. The van der Waals surface area contributed by atoms with Gasteiger partial charge in [0.25, 0.3) is 0 Å². The Labute approximate surface area is 126 Å². The molecule has 0 atom stereocenters. The number of hydrogen-bond donors (Lipinski definition) is 1. The summed E-state index contributed by atoms with van der Waals surface area (Å²) in [5.41, 5.74) is 0.880. The third kappa shape index (κ3) is 4.13. The second-order valence-corrected chi connectivity index (χ2v) is 6.91. The van der Waals surface area contributed by atoms with Crippen LogP contribution in [0.2, 0.25) is 0 Å². The highest BCUT2D eigenvalue weighted by Gasteiger charge is 2.12. The number of hydrogen-bond acceptors (Lipinski definition) is 2. The maximum absolute atomic E-state index is 12.7. The van der Waals surface area contributed by atoms with Gasteiger partial charge in [0.2, 0.25) is 10.0 Å². The minimum atomic E-state index is -3.50. The van der Waals surface area contributed by atoms with Crippen LogP contribution >= 0.6 is 15.9 Å². The van der Waals surface area contributed by atoms with Crippen LogP contribution < -0.4 is 4.72 Å². The van der Waals surface area contributed by atoms with E-state index in [9.17, 15) is 12.8 Å². The van der Waals surface area contributed by atoms with Crippen molar-refractivity contribution in [2.45, 2.75) is 11.3 Å². The maximum Gasteiger partial charge on any atom is 0.240 e. The minimum Gasteiger partial charge on any atom is -0.211 e. The molecule has 0 fully saturated rings. The van der Waals surface area contributed by atoms with Crippen LogP contribution in [0.1, 0.15) is 5.56 Å². The highest BCUT2D eigenvalue weighted by atomic mass is 79.9. The summed E-state index contributed by atoms with van der Waals surface area (Å²) in [4.78, 5) is 0.222. The predicted octanol–water partition coefficient (Wildman–Crippen LogP) is 3.11. The minimum absolute atomic E-state index is 0.222. The van der Waals surface area contributed by atoms with Gasteiger partial charge >= 0.3 is 0 Å². The summed E-state index contributed by atoms with van der Waals surface area (Å²) in [5, 5.41) is 0. The molecule has 0 aliphatic heterocycles. The molecule has 2 rings (SSSR count). The summed E-state index contributed by atoms with van der Waals surface area (Å²) in [6.45, 7) is 0.268. The zero-order valence-corrected chi connectivity index (χ0v) is 12.9. The van der Waals surface area contributed by atoms with Gasteiger partial charge in [-0.3, -0.25) is 0 Å². The highest BCUT2D eigenvalue weighted by Crippen LogP contribution is 2.14. The van der Waals surface area contributed by atoms with Crippen molar-refractivity contribution in [2.75, 3.05) is 6.54 Å². The lowest BCUT2D eigenvalue weighted by molar-refractivity contribution is 0.581. The van der Waals surface area contributed by atoms with E-state index in [2.05, 4.69) is 20.7 Å². The second-order valence-electron chi connectivity index (χ2n) is 4.23. The average molecular weight is 358 g/mol. The standard InChI is InChI=1S/C14H13BrFNO2S/c15-12-3-7-14(8-4-12)20(18,19)17-10-9-11-1-5-13(16)6-2-11/h1-8,17H,9-10H2. The monoisotopic (exact) mass is 357 g/mol. The summed E-state index contributed by atoms with van der Waals surface area (Å²) >= 11 is 3.26. The number of benzene rings is 2. The van der Waals surface area contributed by atoms with Crippen LogP contribution in [-0.4, -0.2) is 15.0 Å². The van der Waals surface area contributed by atoms with E-state index in [0.717, 1.165) is 10.0 Å². The van der Waals surface area contributed by atoms with Gasteiger partial charge < -0.3 is 0 Å². The van der Waals surface area contributed by atoms with E-state index < -0.39 is 10.0 Å². The Bertz CT molecular complexity index is 669. The van der Waals surface area contributed by atoms with E-state index in [4.69, 9.17) is 0 Å². The zero-order valence-electron chi connectivity index (χ0n) is 10.5. The van der Waals surface area contributed by atoms with Crippen molar-refractivity contribution in [3.63, 3.8) is 0 Å². The average Bonchev–Trinajstić information content (AvgIpc) is 2.41. The Balaban J connectivity index is 1.96. The fraction of sp³-hybridized carbons (Fsp3) is 0.143. The lowest BCUT2D eigenvalue weighted by Gasteiger charge is -2.07. The Morgan fingerprint density at radius 2 is 1.60 bits per heavy atom. The van der Waals surface area contributed by atoms with E-state index in [-0.39, 0.29) is 17.3 Å². The molecule has 0 unspecified atom stereocenters. The summed E-state index contributed by atoms with van der Waals surface area (Å²) in [7, 11) is -3.50. The lowest BCUT2D eigenvalue weighted by Crippen LogP contribution is -2.25. The zero-order chi connectivity index (χ0) is 14.6. The van der Waals surface area contributed by atoms with Gasteiger partial charge in [-0.1, -0.05) is 28.1 Å². The molecule has 0 heterocycles. The molecule has 20 heavy (non-hydrogen) atoms. The van der Waals surface area contributed by atoms with Crippen LogP contribution in [0.15, 0.2) is 57.9 Å². The van der Waals surface area contributed by atoms with E-state index in [1.165, 1.54) is 24.3 Å². The van der Waals surface area contributed by atoms with Crippen molar-refractivity contribution in [3.8, 4) is 0 Å². The molecule has 2 aromatic carbocycles. The molecular weight excluding hydrogens is 345 g/mol. The topological polar surface area (TPSA) is 46.2 Å². The predicted molar refractivity (Wildman–Crippen MR) is 79.4 cm³/mol. The molecule has 0 aromatic heterocycles. The molecule has 106 valence electrons. The molecule has 0 saturated carbocycles. The molecule has 0 aliphatic carbocycles. The van der Waals surface area contributed by atoms with Crippen LogP contribution in [0.25, 0.3) is 0 Å². The fourth-order valence-electron chi connectivity index (χ4n) is 1.68. The molecule has 0 bridgehead atoms. The first kappa shape index (κ1) is 15.2. The van der Waals surface area contributed by atoms with Crippen LogP contribution in [0.4, 0.5) is 4.39 Å². The molecule has 0 spiro atoms. The van der Waals surface area contributed by atoms with Gasteiger partial charge in [0, 0.05) is 11.0 Å². The molecule has 6 heteroatoms. The summed E-state index contributed by atoms with van der Waals surface area (Å²) in [5.74, 6) is -0.302. The van der Waals surface area contributed by atoms with Crippen molar-refractivity contribution in [2.24, 2.45) is 0 Å². The third-order valence-electron chi connectivity index (χ3n) is 2.74. The number of rotatable bonds is 5. The Kier molecular flexibility index (Phi) is 4.91. The summed E-state index contributed by atoms with van der Waals surface area (Å²) < 4.78 is 40.1. The number of halogens is 2. The van der Waals surface area contributed by atoms with Gasteiger partial charge in [-0.25, -0.2) is 17.5 Å². The Hall–Kier alpha value is -1.24. The SMILES string of the molecule is O=S(=O)(NCCc1ccc(F)cc1)c1ccc(Br)cc1. The normalized spacial score (nSPS) is 11.5. The van der Waals surface area contributed by atoms with Gasteiger partial charge in [-0.05, 0) is 48.4 Å². The van der Waals surface area contributed by atoms with Gasteiger partial charge in [-0.2, -0.15) is 0 Å². The molecule has 1 N–H and O–H groups in total. The first-order valence-corrected chi connectivity index (χ1v) is 8.25. The first-order chi connectivity index (χ1) is 9.47. The van der Waals surface area contributed by atoms with Crippen LogP contribution in [-0.2, 0) is 16.4 Å². The summed E-state index contributed by atoms with van der Waals surface area (Å²) in [6, 6.07) is 12.4. The van der Waals surface area contributed by atoms with E-state index >= 15 is 0 Å². The lowest BCUT2D eigenvalue weighted by atomic mass is 10.1. The number of nitrogens with one attached hydrogen (secondary N) is 1. The van der Waals surface area contributed by atoms with Crippen molar-refractivity contribution >= 4 is 26.0 Å². The van der Waals surface area contributed by atoms with Crippen molar-refractivity contribution in [3.05, 3.63) is 64.4 Å². The summed E-state index contributed by atoms with van der Waals surface area (Å²) in [6.07, 6.45) is 0.510. The van der Waals surface area contributed by atoms with Crippen molar-refractivity contribution in [1.29, 1.82) is 0 Å². The molecule has 0 radical (unpaired) electrons. The first-order valence-electron chi connectivity index (χ1n) is 5.97. The molecule has 0 amide bonds. The van der Waals surface area contributed by atoms with Gasteiger partial charge in [-0.15, -0.1) is 0 Å². The smallest absolute Gasteiger partial charge is 0.211 e. The van der Waals surface area contributed by atoms with Gasteiger partial charge in [0.05, 0.1) is 4.90 Å². The molecule has 2 aromatic rings. The second kappa shape index (κ2) is 6.47. The van der Waals surface area contributed by atoms with Crippen molar-refractivity contribution in [1.82, 2.24) is 4.72 Å².